The Balaban J connectivity index is 1.42. The molecule has 0 bridgehead atoms. The Hall–Kier alpha value is -0.910. The van der Waals surface area contributed by atoms with Gasteiger partial charge in [-0.25, -0.2) is 0 Å². The third-order valence-corrected chi connectivity index (χ3v) is 6.30. The smallest absolute Gasteiger partial charge is 0.172 e. The minimum absolute atomic E-state index is 0.0579. The van der Waals surface area contributed by atoms with Crippen molar-refractivity contribution in [2.24, 2.45) is 11.1 Å². The van der Waals surface area contributed by atoms with Gasteiger partial charge in [-0.05, 0) is 58.3 Å². The molecule has 1 unspecified atom stereocenters. The van der Waals surface area contributed by atoms with Crippen molar-refractivity contribution in [3.05, 3.63) is 21.3 Å². The molecule has 0 N–H and O–H groups in total. The van der Waals surface area contributed by atoms with E-state index in [9.17, 15) is 4.79 Å². The summed E-state index contributed by atoms with van der Waals surface area (Å²) in [6, 6.07) is 4.20. The molecule has 132 valence electrons. The Morgan fingerprint density at radius 2 is 2.17 bits per heavy atom. The number of halogens is 1. The highest BCUT2D eigenvalue weighted by Crippen LogP contribution is 2.28. The monoisotopic (exact) mass is 368 g/mol. The topological polar surface area (TPSA) is 41.9 Å². The predicted octanol–water partition coefficient (Wildman–Crippen LogP) is 4.63. The first kappa shape index (κ1) is 17.9. The van der Waals surface area contributed by atoms with Crippen molar-refractivity contribution >= 4 is 34.4 Å². The summed E-state index contributed by atoms with van der Waals surface area (Å²) in [4.78, 5) is 21.0. The first-order valence-corrected chi connectivity index (χ1v) is 9.97. The quantitative estimate of drug-likeness (QED) is 0.687. The molecule has 1 aromatic heterocycles. The van der Waals surface area contributed by atoms with Crippen LogP contribution in [0.1, 0.15) is 55.6 Å². The van der Waals surface area contributed by atoms with Crippen LogP contribution in [-0.4, -0.2) is 41.6 Å². The van der Waals surface area contributed by atoms with Crippen LogP contribution in [0.5, 0.6) is 0 Å². The molecular weight excluding hydrogens is 344 g/mol. The van der Waals surface area contributed by atoms with Crippen LogP contribution in [-0.2, 0) is 4.84 Å². The summed E-state index contributed by atoms with van der Waals surface area (Å²) in [7, 11) is 0. The van der Waals surface area contributed by atoms with E-state index in [1.807, 2.05) is 0 Å². The maximum absolute atomic E-state index is 12.2. The number of carbonyl (C=O) groups excluding carboxylic acids is 1. The molecule has 0 amide bonds. The van der Waals surface area contributed by atoms with Gasteiger partial charge in [-0.1, -0.05) is 16.8 Å². The van der Waals surface area contributed by atoms with Crippen LogP contribution in [0.4, 0.5) is 0 Å². The lowest BCUT2D eigenvalue weighted by molar-refractivity contribution is 0.0719. The van der Waals surface area contributed by atoms with E-state index in [0.29, 0.717) is 22.7 Å². The van der Waals surface area contributed by atoms with Gasteiger partial charge in [-0.3, -0.25) is 4.79 Å². The zero-order valence-electron chi connectivity index (χ0n) is 14.3. The molecule has 0 aromatic carbocycles. The van der Waals surface area contributed by atoms with Crippen molar-refractivity contribution in [1.29, 1.82) is 0 Å². The van der Waals surface area contributed by atoms with Crippen molar-refractivity contribution in [2.45, 2.75) is 58.1 Å². The fourth-order valence-corrected chi connectivity index (χ4v) is 4.49. The maximum Gasteiger partial charge on any atom is 0.172 e. The maximum atomic E-state index is 12.2. The second-order valence-corrected chi connectivity index (χ2v) is 8.70. The number of thiophene rings is 1. The minimum Gasteiger partial charge on any atom is -0.392 e. The molecule has 24 heavy (non-hydrogen) atoms. The minimum atomic E-state index is 0.0579. The zero-order chi connectivity index (χ0) is 17.1. The SMILES string of the molecule is CC(C)N1CCC(C2=NOC(CCC(=O)c3ccc(Cl)s3)C2)CC1. The van der Waals surface area contributed by atoms with E-state index in [1.165, 1.54) is 29.9 Å². The van der Waals surface area contributed by atoms with Gasteiger partial charge >= 0.3 is 0 Å². The third kappa shape index (κ3) is 4.38. The van der Waals surface area contributed by atoms with E-state index in [4.69, 9.17) is 16.4 Å². The first-order chi connectivity index (χ1) is 11.5. The largest absolute Gasteiger partial charge is 0.392 e. The number of likely N-dealkylation sites (tertiary alicyclic amines) is 1. The van der Waals surface area contributed by atoms with Gasteiger partial charge in [0.1, 0.15) is 6.10 Å². The molecule has 1 fully saturated rings. The van der Waals surface area contributed by atoms with Crippen molar-refractivity contribution in [2.75, 3.05) is 13.1 Å². The number of Topliss-reactive ketones (excluding diaryl/α,β-unsaturated/α-hetero) is 1. The number of oxime groups is 1. The second-order valence-electron chi connectivity index (χ2n) is 6.98. The van der Waals surface area contributed by atoms with Gasteiger partial charge in [-0.2, -0.15) is 0 Å². The number of piperidine rings is 1. The molecular formula is C18H25ClN2O2S. The fraction of sp³-hybridized carbons (Fsp3) is 0.667. The molecule has 0 aliphatic carbocycles. The Morgan fingerprint density at radius 1 is 1.42 bits per heavy atom. The van der Waals surface area contributed by atoms with Gasteiger partial charge in [0.05, 0.1) is 14.9 Å². The highest BCUT2D eigenvalue weighted by atomic mass is 35.5. The fourth-order valence-electron chi connectivity index (χ4n) is 3.47. The van der Waals surface area contributed by atoms with E-state index < -0.39 is 0 Å². The molecule has 2 aliphatic rings. The van der Waals surface area contributed by atoms with Gasteiger partial charge in [0, 0.05) is 24.8 Å². The van der Waals surface area contributed by atoms with Crippen LogP contribution in [0.2, 0.25) is 4.34 Å². The standard InChI is InChI=1S/C18H25ClN2O2S/c1-12(2)21-9-7-13(8-10-21)15-11-14(23-20-15)3-4-16(22)17-5-6-18(19)24-17/h5-6,12-14H,3-4,7-11H2,1-2H3. The summed E-state index contributed by atoms with van der Waals surface area (Å²) in [5.41, 5.74) is 1.20. The number of ketones is 1. The molecule has 0 radical (unpaired) electrons. The van der Waals surface area contributed by atoms with Gasteiger partial charge in [0.25, 0.3) is 0 Å². The molecule has 0 saturated carbocycles. The Kier molecular flexibility index (Phi) is 5.95. The van der Waals surface area contributed by atoms with Crippen molar-refractivity contribution in [3.63, 3.8) is 0 Å². The van der Waals surface area contributed by atoms with Crippen molar-refractivity contribution < 1.29 is 9.63 Å². The lowest BCUT2D eigenvalue weighted by atomic mass is 9.88. The molecule has 1 saturated heterocycles. The van der Waals surface area contributed by atoms with E-state index in [2.05, 4.69) is 23.9 Å². The average molecular weight is 369 g/mol. The van der Waals surface area contributed by atoms with Crippen LogP contribution in [0, 0.1) is 5.92 Å². The summed E-state index contributed by atoms with van der Waals surface area (Å²) >= 11 is 7.23. The van der Waals surface area contributed by atoms with Gasteiger partial charge in [0.2, 0.25) is 0 Å². The van der Waals surface area contributed by atoms with Crippen LogP contribution in [0.3, 0.4) is 0 Å². The Bertz CT molecular complexity index is 606. The summed E-state index contributed by atoms with van der Waals surface area (Å²) in [5, 5.41) is 4.33. The third-order valence-electron chi connectivity index (χ3n) is 5.03. The lowest BCUT2D eigenvalue weighted by Gasteiger charge is -2.34. The number of carbonyl (C=O) groups is 1. The summed E-state index contributed by atoms with van der Waals surface area (Å²) in [5.74, 6) is 0.700. The highest BCUT2D eigenvalue weighted by Gasteiger charge is 2.30. The number of rotatable bonds is 6. The van der Waals surface area contributed by atoms with Gasteiger partial charge in [-0.15, -0.1) is 11.3 Å². The van der Waals surface area contributed by atoms with E-state index in [-0.39, 0.29) is 11.9 Å². The summed E-state index contributed by atoms with van der Waals surface area (Å²) in [6.45, 7) is 6.79. The molecule has 6 heteroatoms. The van der Waals surface area contributed by atoms with Gasteiger partial charge < -0.3 is 9.74 Å². The number of hydrogen-bond acceptors (Lipinski definition) is 5. The lowest BCUT2D eigenvalue weighted by Crippen LogP contribution is -2.40. The molecule has 3 rings (SSSR count). The van der Waals surface area contributed by atoms with Gasteiger partial charge in [0.15, 0.2) is 5.78 Å². The molecule has 4 nitrogen and oxygen atoms in total. The van der Waals surface area contributed by atoms with Crippen LogP contribution >= 0.6 is 22.9 Å². The molecule has 2 aliphatic heterocycles. The number of hydrogen-bond donors (Lipinski definition) is 0. The van der Waals surface area contributed by atoms with Crippen molar-refractivity contribution in [3.8, 4) is 0 Å². The van der Waals surface area contributed by atoms with Crippen molar-refractivity contribution in [1.82, 2.24) is 4.90 Å². The Morgan fingerprint density at radius 3 is 2.79 bits per heavy atom. The number of nitrogens with zero attached hydrogens (tertiary/aromatic N) is 2. The normalized spacial score (nSPS) is 22.7. The second kappa shape index (κ2) is 7.98. The summed E-state index contributed by atoms with van der Waals surface area (Å²) in [6.07, 6.45) is 4.49. The average Bonchev–Trinajstić information content (AvgIpc) is 3.22. The molecule has 3 heterocycles. The van der Waals surface area contributed by atoms with E-state index >= 15 is 0 Å². The molecule has 1 aromatic rings. The first-order valence-electron chi connectivity index (χ1n) is 8.78. The Labute approximate surface area is 152 Å². The summed E-state index contributed by atoms with van der Waals surface area (Å²) < 4.78 is 0.661. The van der Waals surface area contributed by atoms with Crippen LogP contribution in [0.25, 0.3) is 0 Å². The van der Waals surface area contributed by atoms with E-state index in [0.717, 1.165) is 30.8 Å². The predicted molar refractivity (Wildman–Crippen MR) is 99.3 cm³/mol. The molecule has 0 spiro atoms. The zero-order valence-corrected chi connectivity index (χ0v) is 15.9. The molecule has 1 atom stereocenters. The highest BCUT2D eigenvalue weighted by molar-refractivity contribution is 7.18. The van der Waals surface area contributed by atoms with E-state index in [1.54, 1.807) is 12.1 Å². The van der Waals surface area contributed by atoms with Crippen LogP contribution < -0.4 is 0 Å². The van der Waals surface area contributed by atoms with Crippen LogP contribution in [0.15, 0.2) is 17.3 Å².